The van der Waals surface area contributed by atoms with Crippen LogP contribution < -0.4 is 5.32 Å². The van der Waals surface area contributed by atoms with E-state index in [-0.39, 0.29) is 5.82 Å². The highest BCUT2D eigenvalue weighted by molar-refractivity contribution is 5.93. The van der Waals surface area contributed by atoms with Crippen LogP contribution in [0.2, 0.25) is 0 Å². The van der Waals surface area contributed by atoms with E-state index in [0.29, 0.717) is 18.1 Å². The fraction of sp³-hybridized carbons (Fsp3) is 0.0500. The minimum absolute atomic E-state index is 0.252. The van der Waals surface area contributed by atoms with Gasteiger partial charge in [-0.25, -0.2) is 24.3 Å². The van der Waals surface area contributed by atoms with Crippen LogP contribution in [-0.4, -0.2) is 30.1 Å². The molecule has 7 nitrogen and oxygen atoms in total. The van der Waals surface area contributed by atoms with Crippen LogP contribution in [0.4, 0.5) is 10.3 Å². The number of halogens is 1. The third-order valence-corrected chi connectivity index (χ3v) is 4.47. The largest absolute Gasteiger partial charge is 0.350 e. The fourth-order valence-electron chi connectivity index (χ4n) is 3.04. The molecule has 2 aromatic carbocycles. The van der Waals surface area contributed by atoms with Crippen molar-refractivity contribution in [1.82, 2.24) is 30.1 Å². The van der Waals surface area contributed by atoms with Gasteiger partial charge in [0.1, 0.15) is 12.1 Å². The zero-order chi connectivity index (χ0) is 18.9. The molecule has 0 aliphatic heterocycles. The molecule has 136 valence electrons. The van der Waals surface area contributed by atoms with Crippen molar-refractivity contribution in [3.8, 4) is 11.3 Å². The van der Waals surface area contributed by atoms with Crippen molar-refractivity contribution in [3.05, 3.63) is 72.6 Å². The van der Waals surface area contributed by atoms with Crippen molar-refractivity contribution >= 4 is 27.9 Å². The van der Waals surface area contributed by atoms with Gasteiger partial charge in [-0.1, -0.05) is 18.2 Å². The van der Waals surface area contributed by atoms with Crippen LogP contribution in [0.25, 0.3) is 33.2 Å². The molecule has 3 aromatic heterocycles. The Morgan fingerprint density at radius 1 is 0.964 bits per heavy atom. The molecule has 0 unspecified atom stereocenters. The zero-order valence-electron chi connectivity index (χ0n) is 14.6. The SMILES string of the molecule is Fc1ccc(CNc2ncc3cc(-c4ncnc5[nH]ncc45)ccc3n2)cc1. The summed E-state index contributed by atoms with van der Waals surface area (Å²) in [7, 11) is 0. The van der Waals surface area contributed by atoms with E-state index in [0.717, 1.165) is 33.1 Å². The van der Waals surface area contributed by atoms with E-state index in [1.54, 1.807) is 24.5 Å². The van der Waals surface area contributed by atoms with Crippen LogP contribution >= 0.6 is 0 Å². The molecule has 0 bridgehead atoms. The first kappa shape index (κ1) is 16.2. The number of hydrogen-bond acceptors (Lipinski definition) is 6. The molecule has 0 spiro atoms. The smallest absolute Gasteiger partial charge is 0.223 e. The Morgan fingerprint density at radius 2 is 1.86 bits per heavy atom. The number of nitrogens with one attached hydrogen (secondary N) is 2. The summed E-state index contributed by atoms with van der Waals surface area (Å²) in [6.45, 7) is 0.517. The lowest BCUT2D eigenvalue weighted by molar-refractivity contribution is 0.627. The lowest BCUT2D eigenvalue weighted by Gasteiger charge is -2.07. The number of nitrogens with zero attached hydrogens (tertiary/aromatic N) is 5. The summed E-state index contributed by atoms with van der Waals surface area (Å²) in [5.41, 5.74) is 4.21. The molecule has 8 heteroatoms. The highest BCUT2D eigenvalue weighted by Crippen LogP contribution is 2.26. The number of H-pyrrole nitrogens is 1. The second kappa shape index (κ2) is 6.66. The maximum absolute atomic E-state index is 13.0. The predicted molar refractivity (Wildman–Crippen MR) is 104 cm³/mol. The molecule has 5 rings (SSSR count). The summed E-state index contributed by atoms with van der Waals surface area (Å²) in [5.74, 6) is 0.265. The summed E-state index contributed by atoms with van der Waals surface area (Å²) in [5, 5.41) is 11.8. The van der Waals surface area contributed by atoms with Crippen LogP contribution in [0.5, 0.6) is 0 Å². The van der Waals surface area contributed by atoms with Crippen LogP contribution in [0.15, 0.2) is 61.2 Å². The Hall–Kier alpha value is -3.94. The van der Waals surface area contributed by atoms with Crippen molar-refractivity contribution in [3.63, 3.8) is 0 Å². The van der Waals surface area contributed by atoms with Gasteiger partial charge in [0.15, 0.2) is 5.65 Å². The quantitative estimate of drug-likeness (QED) is 0.500. The normalized spacial score (nSPS) is 11.2. The van der Waals surface area contributed by atoms with E-state index in [2.05, 4.69) is 35.5 Å². The van der Waals surface area contributed by atoms with Gasteiger partial charge in [0.05, 0.1) is 22.8 Å². The van der Waals surface area contributed by atoms with E-state index < -0.39 is 0 Å². The first-order valence-electron chi connectivity index (χ1n) is 8.66. The summed E-state index contributed by atoms with van der Waals surface area (Å²) < 4.78 is 13.0. The van der Waals surface area contributed by atoms with Gasteiger partial charge >= 0.3 is 0 Å². The lowest BCUT2D eigenvalue weighted by atomic mass is 10.1. The number of aromatic amines is 1. The molecular weight excluding hydrogens is 357 g/mol. The third kappa shape index (κ3) is 3.01. The Balaban J connectivity index is 1.43. The van der Waals surface area contributed by atoms with Gasteiger partial charge in [-0.3, -0.25) is 5.10 Å². The van der Waals surface area contributed by atoms with Crippen LogP contribution in [0.1, 0.15) is 5.56 Å². The summed E-state index contributed by atoms with van der Waals surface area (Å²) >= 11 is 0. The lowest BCUT2D eigenvalue weighted by Crippen LogP contribution is -2.03. The van der Waals surface area contributed by atoms with Gasteiger partial charge in [-0.15, -0.1) is 0 Å². The summed E-state index contributed by atoms with van der Waals surface area (Å²) in [6.07, 6.45) is 5.00. The number of benzene rings is 2. The van der Waals surface area contributed by atoms with Crippen molar-refractivity contribution in [2.45, 2.75) is 6.54 Å². The molecule has 0 radical (unpaired) electrons. The molecule has 0 aliphatic carbocycles. The molecule has 0 amide bonds. The van der Waals surface area contributed by atoms with E-state index in [9.17, 15) is 4.39 Å². The van der Waals surface area contributed by atoms with Crippen molar-refractivity contribution < 1.29 is 4.39 Å². The Bertz CT molecular complexity index is 1280. The first-order valence-corrected chi connectivity index (χ1v) is 8.66. The molecule has 28 heavy (non-hydrogen) atoms. The first-order chi connectivity index (χ1) is 13.8. The summed E-state index contributed by atoms with van der Waals surface area (Å²) in [6, 6.07) is 12.2. The monoisotopic (exact) mass is 371 g/mol. The van der Waals surface area contributed by atoms with E-state index >= 15 is 0 Å². The number of rotatable bonds is 4. The minimum Gasteiger partial charge on any atom is -0.350 e. The molecule has 0 saturated heterocycles. The number of aromatic nitrogens is 6. The number of fused-ring (bicyclic) bond motifs is 2. The molecule has 2 N–H and O–H groups in total. The van der Waals surface area contributed by atoms with E-state index in [4.69, 9.17) is 0 Å². The molecule has 0 fully saturated rings. The second-order valence-electron chi connectivity index (χ2n) is 6.30. The van der Waals surface area contributed by atoms with Gasteiger partial charge in [0.2, 0.25) is 5.95 Å². The Kier molecular flexibility index (Phi) is 3.86. The average Bonchev–Trinajstić information content (AvgIpc) is 3.22. The minimum atomic E-state index is -0.252. The fourth-order valence-corrected chi connectivity index (χ4v) is 3.04. The zero-order valence-corrected chi connectivity index (χ0v) is 14.6. The highest BCUT2D eigenvalue weighted by atomic mass is 19.1. The topological polar surface area (TPSA) is 92.3 Å². The second-order valence-corrected chi connectivity index (χ2v) is 6.30. The van der Waals surface area contributed by atoms with Crippen LogP contribution in [0.3, 0.4) is 0 Å². The van der Waals surface area contributed by atoms with Gasteiger partial charge < -0.3 is 5.32 Å². The van der Waals surface area contributed by atoms with E-state index in [1.807, 2.05) is 18.2 Å². The van der Waals surface area contributed by atoms with Crippen molar-refractivity contribution in [2.75, 3.05) is 5.32 Å². The van der Waals surface area contributed by atoms with Crippen molar-refractivity contribution in [2.24, 2.45) is 0 Å². The standard InChI is InChI=1S/C20H14FN7/c21-15-4-1-12(2-5-15)8-22-20-23-9-14-7-13(3-6-17(14)27-20)18-16-10-26-28-19(16)25-11-24-18/h1-7,9-11H,8H2,(H,22,23,27)(H,24,25,26,28). The van der Waals surface area contributed by atoms with Crippen LogP contribution in [-0.2, 0) is 6.54 Å². The highest BCUT2D eigenvalue weighted by Gasteiger charge is 2.09. The molecule has 0 saturated carbocycles. The third-order valence-electron chi connectivity index (χ3n) is 4.47. The molecule has 5 aromatic rings. The van der Waals surface area contributed by atoms with Gasteiger partial charge in [0, 0.05) is 23.7 Å². The van der Waals surface area contributed by atoms with Crippen molar-refractivity contribution in [1.29, 1.82) is 0 Å². The maximum atomic E-state index is 13.0. The van der Waals surface area contributed by atoms with Gasteiger partial charge in [-0.2, -0.15) is 5.10 Å². The Morgan fingerprint density at radius 3 is 2.75 bits per heavy atom. The number of hydrogen-bond donors (Lipinski definition) is 2. The van der Waals surface area contributed by atoms with E-state index in [1.165, 1.54) is 18.5 Å². The number of anilines is 1. The predicted octanol–water partition coefficient (Wildman–Crippen LogP) is 3.71. The average molecular weight is 371 g/mol. The molecule has 3 heterocycles. The molecule has 0 aliphatic rings. The van der Waals surface area contributed by atoms with Crippen LogP contribution in [0, 0.1) is 5.82 Å². The van der Waals surface area contributed by atoms with Gasteiger partial charge in [0.25, 0.3) is 0 Å². The summed E-state index contributed by atoms with van der Waals surface area (Å²) in [4.78, 5) is 17.5. The molecular formula is C20H14FN7. The maximum Gasteiger partial charge on any atom is 0.223 e. The Labute approximate surface area is 158 Å². The van der Waals surface area contributed by atoms with Gasteiger partial charge in [-0.05, 0) is 29.8 Å². The molecule has 0 atom stereocenters.